The summed E-state index contributed by atoms with van der Waals surface area (Å²) in [6.45, 7) is 7.56. The summed E-state index contributed by atoms with van der Waals surface area (Å²) in [5.41, 5.74) is 1.97. The average Bonchev–Trinajstić information content (AvgIpc) is 2.82. The van der Waals surface area contributed by atoms with Gasteiger partial charge in [0.25, 0.3) is 5.91 Å². The van der Waals surface area contributed by atoms with E-state index in [-0.39, 0.29) is 18.0 Å². The van der Waals surface area contributed by atoms with Gasteiger partial charge in [0.2, 0.25) is 0 Å². The number of hydrogen-bond donors (Lipinski definition) is 1. The van der Waals surface area contributed by atoms with Crippen molar-refractivity contribution in [2.24, 2.45) is 0 Å². The highest BCUT2D eigenvalue weighted by Crippen LogP contribution is 2.34. The summed E-state index contributed by atoms with van der Waals surface area (Å²) in [6, 6.07) is 8.94. The summed E-state index contributed by atoms with van der Waals surface area (Å²) in [7, 11) is 0. The Balaban J connectivity index is 2.35. The predicted octanol–water partition coefficient (Wildman–Crippen LogP) is 4.44. The van der Waals surface area contributed by atoms with Gasteiger partial charge in [-0.15, -0.1) is 11.3 Å². The molecule has 1 aromatic carbocycles. The molecule has 1 N–H and O–H groups in total. The van der Waals surface area contributed by atoms with E-state index in [9.17, 15) is 9.59 Å². The summed E-state index contributed by atoms with van der Waals surface area (Å²) < 4.78 is 5.34. The van der Waals surface area contributed by atoms with Gasteiger partial charge in [-0.3, -0.25) is 4.79 Å². The second-order valence-electron chi connectivity index (χ2n) is 5.47. The molecule has 0 bridgehead atoms. The monoisotopic (exact) mass is 331 g/mol. The number of hydrogen-bond acceptors (Lipinski definition) is 4. The van der Waals surface area contributed by atoms with Crippen LogP contribution in [0.15, 0.2) is 30.3 Å². The van der Waals surface area contributed by atoms with Gasteiger partial charge in [0.05, 0.1) is 11.7 Å². The van der Waals surface area contributed by atoms with Crippen LogP contribution in [0.3, 0.4) is 0 Å². The van der Waals surface area contributed by atoms with Crippen LogP contribution in [0, 0.1) is 6.92 Å². The van der Waals surface area contributed by atoms with Gasteiger partial charge in [0.1, 0.15) is 5.00 Å². The Hall–Kier alpha value is -2.14. The molecule has 4 nitrogen and oxygen atoms in total. The third-order valence-electron chi connectivity index (χ3n) is 3.37. The standard InChI is InChI=1S/C18H21NO3S/c1-5-14-12(4)23-17(15(14)18(21)22-11(2)3)19-16(20)13-9-7-6-8-10-13/h6-11H,5H2,1-4H3,(H,19,20). The number of anilines is 1. The van der Waals surface area contributed by atoms with E-state index in [0.29, 0.717) is 22.5 Å². The van der Waals surface area contributed by atoms with Crippen molar-refractivity contribution >= 4 is 28.2 Å². The van der Waals surface area contributed by atoms with Gasteiger partial charge in [0.15, 0.2) is 0 Å². The van der Waals surface area contributed by atoms with Gasteiger partial charge in [-0.25, -0.2) is 4.79 Å². The Bertz CT molecular complexity index is 705. The molecular formula is C18H21NO3S. The summed E-state index contributed by atoms with van der Waals surface area (Å²) in [5.74, 6) is -0.613. The summed E-state index contributed by atoms with van der Waals surface area (Å²) in [4.78, 5) is 25.8. The number of benzene rings is 1. The van der Waals surface area contributed by atoms with Crippen LogP contribution in [0.25, 0.3) is 0 Å². The number of nitrogens with one attached hydrogen (secondary N) is 1. The van der Waals surface area contributed by atoms with Crippen molar-refractivity contribution in [2.45, 2.75) is 40.2 Å². The molecule has 0 saturated heterocycles. The number of amides is 1. The average molecular weight is 331 g/mol. The maximum Gasteiger partial charge on any atom is 0.341 e. The lowest BCUT2D eigenvalue weighted by Gasteiger charge is -2.11. The van der Waals surface area contributed by atoms with E-state index in [2.05, 4.69) is 5.32 Å². The molecule has 0 aliphatic rings. The van der Waals surface area contributed by atoms with E-state index in [1.54, 1.807) is 24.3 Å². The van der Waals surface area contributed by atoms with Crippen molar-refractivity contribution in [3.63, 3.8) is 0 Å². The molecule has 122 valence electrons. The lowest BCUT2D eigenvalue weighted by atomic mass is 10.1. The molecule has 2 aromatic rings. The molecule has 0 aliphatic carbocycles. The maximum absolute atomic E-state index is 12.4. The predicted molar refractivity (Wildman–Crippen MR) is 93.4 cm³/mol. The van der Waals surface area contributed by atoms with Gasteiger partial charge >= 0.3 is 5.97 Å². The zero-order chi connectivity index (χ0) is 17.0. The first-order chi connectivity index (χ1) is 10.9. The molecule has 1 aromatic heterocycles. The number of carbonyl (C=O) groups is 2. The fourth-order valence-electron chi connectivity index (χ4n) is 2.35. The molecule has 0 spiro atoms. The molecule has 2 rings (SSSR count). The van der Waals surface area contributed by atoms with E-state index in [1.165, 1.54) is 11.3 Å². The third-order valence-corrected chi connectivity index (χ3v) is 4.44. The first kappa shape index (κ1) is 17.2. The van der Waals surface area contributed by atoms with Crippen LogP contribution in [0.4, 0.5) is 5.00 Å². The molecule has 1 amide bonds. The van der Waals surface area contributed by atoms with Crippen molar-refractivity contribution in [3.05, 3.63) is 51.9 Å². The number of carbonyl (C=O) groups excluding carboxylic acids is 2. The van der Waals surface area contributed by atoms with E-state index in [0.717, 1.165) is 10.4 Å². The van der Waals surface area contributed by atoms with Crippen LogP contribution in [0.1, 0.15) is 51.9 Å². The molecule has 0 unspecified atom stereocenters. The minimum Gasteiger partial charge on any atom is -0.459 e. The topological polar surface area (TPSA) is 55.4 Å². The number of thiophene rings is 1. The minimum absolute atomic E-state index is 0.204. The first-order valence-electron chi connectivity index (χ1n) is 7.63. The van der Waals surface area contributed by atoms with E-state index in [1.807, 2.05) is 33.8 Å². The fraction of sp³-hybridized carbons (Fsp3) is 0.333. The SMILES string of the molecule is CCc1c(C)sc(NC(=O)c2ccccc2)c1C(=O)OC(C)C. The van der Waals surface area contributed by atoms with Crippen molar-refractivity contribution < 1.29 is 14.3 Å². The van der Waals surface area contributed by atoms with E-state index in [4.69, 9.17) is 4.74 Å². The normalized spacial score (nSPS) is 10.7. The van der Waals surface area contributed by atoms with Crippen LogP contribution >= 0.6 is 11.3 Å². The Kier molecular flexibility index (Phi) is 5.55. The minimum atomic E-state index is -0.385. The molecule has 5 heteroatoms. The zero-order valence-corrected chi connectivity index (χ0v) is 14.6. The fourth-order valence-corrected chi connectivity index (χ4v) is 3.47. The highest BCUT2D eigenvalue weighted by molar-refractivity contribution is 7.16. The van der Waals surface area contributed by atoms with Crippen molar-refractivity contribution in [1.29, 1.82) is 0 Å². The summed E-state index contributed by atoms with van der Waals surface area (Å²) in [6.07, 6.45) is 0.511. The van der Waals surface area contributed by atoms with Gasteiger partial charge in [-0.1, -0.05) is 25.1 Å². The number of ether oxygens (including phenoxy) is 1. The lowest BCUT2D eigenvalue weighted by molar-refractivity contribution is 0.0378. The van der Waals surface area contributed by atoms with Gasteiger partial charge in [-0.2, -0.15) is 0 Å². The van der Waals surface area contributed by atoms with Gasteiger partial charge < -0.3 is 10.1 Å². The number of rotatable bonds is 5. The number of esters is 1. The molecular weight excluding hydrogens is 310 g/mol. The van der Waals surface area contributed by atoms with Gasteiger partial charge in [-0.05, 0) is 44.9 Å². The smallest absolute Gasteiger partial charge is 0.341 e. The van der Waals surface area contributed by atoms with Crippen LogP contribution in [-0.4, -0.2) is 18.0 Å². The summed E-state index contributed by atoms with van der Waals surface area (Å²) in [5, 5.41) is 3.41. The molecule has 0 fully saturated rings. The van der Waals surface area contributed by atoms with Crippen molar-refractivity contribution in [2.75, 3.05) is 5.32 Å². The number of aryl methyl sites for hydroxylation is 1. The maximum atomic E-state index is 12.4. The van der Waals surface area contributed by atoms with Crippen LogP contribution in [0.5, 0.6) is 0 Å². The van der Waals surface area contributed by atoms with Crippen LogP contribution in [-0.2, 0) is 11.2 Å². The highest BCUT2D eigenvalue weighted by atomic mass is 32.1. The molecule has 0 saturated carbocycles. The van der Waals surface area contributed by atoms with E-state index < -0.39 is 0 Å². The first-order valence-corrected chi connectivity index (χ1v) is 8.45. The Morgan fingerprint density at radius 2 is 1.87 bits per heavy atom. The zero-order valence-electron chi connectivity index (χ0n) is 13.8. The highest BCUT2D eigenvalue weighted by Gasteiger charge is 2.24. The van der Waals surface area contributed by atoms with Crippen LogP contribution < -0.4 is 5.32 Å². The van der Waals surface area contributed by atoms with Gasteiger partial charge in [0, 0.05) is 10.4 Å². The molecule has 0 radical (unpaired) electrons. The lowest BCUT2D eigenvalue weighted by Crippen LogP contribution is -2.17. The summed E-state index contributed by atoms with van der Waals surface area (Å²) >= 11 is 1.41. The molecule has 1 heterocycles. The molecule has 0 aliphatic heterocycles. The molecule has 23 heavy (non-hydrogen) atoms. The van der Waals surface area contributed by atoms with E-state index >= 15 is 0 Å². The Labute approximate surface area is 140 Å². The molecule has 0 atom stereocenters. The quantitative estimate of drug-likeness (QED) is 0.824. The Morgan fingerprint density at radius 3 is 2.43 bits per heavy atom. The van der Waals surface area contributed by atoms with Crippen molar-refractivity contribution in [3.8, 4) is 0 Å². The largest absolute Gasteiger partial charge is 0.459 e. The Morgan fingerprint density at radius 1 is 1.22 bits per heavy atom. The van der Waals surface area contributed by atoms with Crippen LogP contribution in [0.2, 0.25) is 0 Å². The third kappa shape index (κ3) is 3.99. The van der Waals surface area contributed by atoms with Crippen molar-refractivity contribution in [1.82, 2.24) is 0 Å². The second-order valence-corrected chi connectivity index (χ2v) is 6.69. The second kappa shape index (κ2) is 7.42.